The number of nitrogens with two attached hydrogens (primary N) is 1. The maximum atomic E-state index is 5.52. The van der Waals surface area contributed by atoms with E-state index < -0.39 is 0 Å². The maximum Gasteiger partial charge on any atom is 0.0950 e. The van der Waals surface area contributed by atoms with Gasteiger partial charge in [-0.25, -0.2) is 4.98 Å². The first-order valence-corrected chi connectivity index (χ1v) is 6.28. The largest absolute Gasteiger partial charge is 0.381 e. The van der Waals surface area contributed by atoms with E-state index in [2.05, 4.69) is 23.1 Å². The summed E-state index contributed by atoms with van der Waals surface area (Å²) >= 11 is 0. The van der Waals surface area contributed by atoms with Gasteiger partial charge in [0, 0.05) is 45.1 Å². The molecule has 0 radical (unpaired) electrons. The number of ether oxygens (including phenoxy) is 1. The number of hydrogen-bond donors (Lipinski definition) is 1. The Bertz CT molecular complexity index is 333. The molecule has 1 aliphatic heterocycles. The lowest BCUT2D eigenvalue weighted by Gasteiger charge is -2.30. The molecule has 0 aromatic carbocycles. The average Bonchev–Trinajstić information content (AvgIpc) is 2.78. The van der Waals surface area contributed by atoms with Gasteiger partial charge in [0.2, 0.25) is 0 Å². The first-order chi connectivity index (χ1) is 8.29. The minimum absolute atomic E-state index is 0.628. The number of imidazole rings is 1. The molecule has 0 saturated carbocycles. The minimum Gasteiger partial charge on any atom is -0.381 e. The summed E-state index contributed by atoms with van der Waals surface area (Å²) in [6.45, 7) is 4.18. The number of hydrogen-bond acceptors (Lipinski definition) is 4. The van der Waals surface area contributed by atoms with Gasteiger partial charge < -0.3 is 15.0 Å². The molecule has 0 spiro atoms. The number of rotatable bonds is 5. The second-order valence-corrected chi connectivity index (χ2v) is 4.65. The molecule has 1 aliphatic rings. The van der Waals surface area contributed by atoms with Crippen molar-refractivity contribution in [2.24, 2.45) is 5.73 Å². The predicted octanol–water partition coefficient (Wildman–Crippen LogP) is 0.453. The van der Waals surface area contributed by atoms with Crippen molar-refractivity contribution in [3.63, 3.8) is 0 Å². The van der Waals surface area contributed by atoms with Crippen LogP contribution in [-0.4, -0.2) is 47.3 Å². The van der Waals surface area contributed by atoms with E-state index in [-0.39, 0.29) is 0 Å². The van der Waals surface area contributed by atoms with Crippen molar-refractivity contribution in [2.45, 2.75) is 32.0 Å². The van der Waals surface area contributed by atoms with Crippen LogP contribution in [0.5, 0.6) is 0 Å². The van der Waals surface area contributed by atoms with Gasteiger partial charge in [-0.1, -0.05) is 0 Å². The highest BCUT2D eigenvalue weighted by atomic mass is 16.5. The lowest BCUT2D eigenvalue weighted by Crippen LogP contribution is -2.36. The zero-order valence-corrected chi connectivity index (χ0v) is 10.5. The predicted molar refractivity (Wildman–Crippen MR) is 66.6 cm³/mol. The maximum absolute atomic E-state index is 5.52. The Morgan fingerprint density at radius 1 is 1.53 bits per heavy atom. The van der Waals surface area contributed by atoms with Gasteiger partial charge in [0.1, 0.15) is 0 Å². The molecule has 5 heteroatoms. The summed E-state index contributed by atoms with van der Waals surface area (Å²) < 4.78 is 7.42. The van der Waals surface area contributed by atoms with Gasteiger partial charge in [0.05, 0.1) is 12.0 Å². The third kappa shape index (κ3) is 3.52. The molecule has 0 amide bonds. The molecule has 17 heavy (non-hydrogen) atoms. The van der Waals surface area contributed by atoms with Crippen molar-refractivity contribution in [2.75, 3.05) is 26.8 Å². The Hall–Kier alpha value is -0.910. The zero-order chi connectivity index (χ0) is 12.1. The first kappa shape index (κ1) is 12.5. The SMILES string of the molecule is CN(Cc1cn(CCN)cn1)C1CCOCC1. The molecular formula is C12H22N4O. The normalized spacial score (nSPS) is 17.8. The molecule has 0 unspecified atom stereocenters. The van der Waals surface area contributed by atoms with Crippen molar-refractivity contribution in [1.82, 2.24) is 14.5 Å². The Labute approximate surface area is 103 Å². The molecule has 96 valence electrons. The molecule has 0 aliphatic carbocycles. The fourth-order valence-corrected chi connectivity index (χ4v) is 2.27. The van der Waals surface area contributed by atoms with Gasteiger partial charge >= 0.3 is 0 Å². The minimum atomic E-state index is 0.628. The summed E-state index contributed by atoms with van der Waals surface area (Å²) in [5.74, 6) is 0. The molecule has 1 fully saturated rings. The van der Waals surface area contributed by atoms with E-state index in [9.17, 15) is 0 Å². The van der Waals surface area contributed by atoms with E-state index in [1.54, 1.807) is 0 Å². The van der Waals surface area contributed by atoms with Crippen LogP contribution in [0.3, 0.4) is 0 Å². The first-order valence-electron chi connectivity index (χ1n) is 6.28. The lowest BCUT2D eigenvalue weighted by atomic mass is 10.1. The van der Waals surface area contributed by atoms with Crippen LogP contribution in [-0.2, 0) is 17.8 Å². The summed E-state index contributed by atoms with van der Waals surface area (Å²) in [5.41, 5.74) is 6.63. The smallest absolute Gasteiger partial charge is 0.0950 e. The quantitative estimate of drug-likeness (QED) is 0.809. The Morgan fingerprint density at radius 3 is 3.00 bits per heavy atom. The van der Waals surface area contributed by atoms with E-state index >= 15 is 0 Å². The van der Waals surface area contributed by atoms with Crippen LogP contribution in [0.1, 0.15) is 18.5 Å². The Balaban J connectivity index is 1.85. The van der Waals surface area contributed by atoms with Gasteiger partial charge in [-0.3, -0.25) is 4.90 Å². The molecule has 5 nitrogen and oxygen atoms in total. The summed E-state index contributed by atoms with van der Waals surface area (Å²) in [7, 11) is 2.16. The van der Waals surface area contributed by atoms with Crippen LogP contribution in [0.2, 0.25) is 0 Å². The van der Waals surface area contributed by atoms with E-state index in [0.29, 0.717) is 12.6 Å². The second kappa shape index (κ2) is 6.14. The van der Waals surface area contributed by atoms with Crippen molar-refractivity contribution in [3.05, 3.63) is 18.2 Å². The van der Waals surface area contributed by atoms with Gasteiger partial charge in [-0.05, 0) is 19.9 Å². The van der Waals surface area contributed by atoms with Crippen LogP contribution < -0.4 is 5.73 Å². The molecule has 1 aromatic heterocycles. The van der Waals surface area contributed by atoms with Crippen molar-refractivity contribution < 1.29 is 4.74 Å². The second-order valence-electron chi connectivity index (χ2n) is 4.65. The topological polar surface area (TPSA) is 56.3 Å². The molecule has 1 saturated heterocycles. The van der Waals surface area contributed by atoms with E-state index in [1.165, 1.54) is 0 Å². The monoisotopic (exact) mass is 238 g/mol. The van der Waals surface area contributed by atoms with Gasteiger partial charge in [0.15, 0.2) is 0 Å². The van der Waals surface area contributed by atoms with Gasteiger partial charge in [-0.2, -0.15) is 0 Å². The Morgan fingerprint density at radius 2 is 2.29 bits per heavy atom. The summed E-state index contributed by atoms with van der Waals surface area (Å²) in [6, 6.07) is 0.628. The average molecular weight is 238 g/mol. The van der Waals surface area contributed by atoms with Crippen LogP contribution >= 0.6 is 0 Å². The lowest BCUT2D eigenvalue weighted by molar-refractivity contribution is 0.0403. The third-order valence-corrected chi connectivity index (χ3v) is 3.30. The summed E-state index contributed by atoms with van der Waals surface area (Å²) in [4.78, 5) is 6.78. The van der Waals surface area contributed by atoms with E-state index in [4.69, 9.17) is 10.5 Å². The fourth-order valence-electron chi connectivity index (χ4n) is 2.27. The standard InChI is InChI=1S/C12H22N4O/c1-15(12-2-6-17-7-3-12)8-11-9-16(5-4-13)10-14-11/h9-10,12H,2-8,13H2,1H3. The number of aromatic nitrogens is 2. The highest BCUT2D eigenvalue weighted by Gasteiger charge is 2.18. The molecule has 2 N–H and O–H groups in total. The third-order valence-electron chi connectivity index (χ3n) is 3.30. The van der Waals surface area contributed by atoms with Crippen LogP contribution in [0.15, 0.2) is 12.5 Å². The van der Waals surface area contributed by atoms with Crippen LogP contribution in [0.25, 0.3) is 0 Å². The highest BCUT2D eigenvalue weighted by molar-refractivity contribution is 4.97. The van der Waals surface area contributed by atoms with E-state index in [1.807, 2.05) is 10.9 Å². The van der Waals surface area contributed by atoms with Crippen molar-refractivity contribution in [3.8, 4) is 0 Å². The molecule has 2 rings (SSSR count). The van der Waals surface area contributed by atoms with E-state index in [0.717, 1.165) is 44.8 Å². The summed E-state index contributed by atoms with van der Waals surface area (Å²) in [6.07, 6.45) is 6.20. The molecule has 1 aromatic rings. The van der Waals surface area contributed by atoms with Crippen molar-refractivity contribution in [1.29, 1.82) is 0 Å². The highest BCUT2D eigenvalue weighted by Crippen LogP contribution is 2.14. The molecular weight excluding hydrogens is 216 g/mol. The van der Waals surface area contributed by atoms with Crippen LogP contribution in [0, 0.1) is 0 Å². The summed E-state index contributed by atoms with van der Waals surface area (Å²) in [5, 5.41) is 0. The van der Waals surface area contributed by atoms with Crippen LogP contribution in [0.4, 0.5) is 0 Å². The van der Waals surface area contributed by atoms with Crippen molar-refractivity contribution >= 4 is 0 Å². The molecule has 0 bridgehead atoms. The molecule has 0 atom stereocenters. The number of nitrogens with zero attached hydrogens (tertiary/aromatic N) is 3. The zero-order valence-electron chi connectivity index (χ0n) is 10.5. The van der Waals surface area contributed by atoms with Gasteiger partial charge in [0.25, 0.3) is 0 Å². The van der Waals surface area contributed by atoms with Gasteiger partial charge in [-0.15, -0.1) is 0 Å². The Kier molecular flexibility index (Phi) is 4.53. The molecule has 2 heterocycles. The fraction of sp³-hybridized carbons (Fsp3) is 0.750.